The summed E-state index contributed by atoms with van der Waals surface area (Å²) in [7, 11) is 0. The summed E-state index contributed by atoms with van der Waals surface area (Å²) in [5.74, 6) is -1.63. The average molecular weight is 349 g/mol. The summed E-state index contributed by atoms with van der Waals surface area (Å²) in [5, 5.41) is 20.5. The van der Waals surface area contributed by atoms with Crippen molar-refractivity contribution in [1.82, 2.24) is 9.97 Å². The number of amides is 1. The van der Waals surface area contributed by atoms with Gasteiger partial charge < -0.3 is 20.3 Å². The van der Waals surface area contributed by atoms with Crippen LogP contribution in [0, 0.1) is 5.92 Å². The number of aliphatic hydroxyl groups excluding tert-OH is 2. The molecule has 10 heteroatoms. The van der Waals surface area contributed by atoms with Gasteiger partial charge in [-0.1, -0.05) is 6.92 Å². The Hall–Kier alpha value is -1.78. The Morgan fingerprint density at radius 2 is 2.08 bits per heavy atom. The van der Waals surface area contributed by atoms with Crippen LogP contribution in [0.5, 0.6) is 0 Å². The summed E-state index contributed by atoms with van der Waals surface area (Å²) in [5.41, 5.74) is -2.23. The molecule has 1 unspecified atom stereocenters. The van der Waals surface area contributed by atoms with Crippen LogP contribution in [0.1, 0.15) is 32.2 Å². The number of carbonyl (C=O) groups is 1. The minimum atomic E-state index is -4.58. The van der Waals surface area contributed by atoms with E-state index in [1.54, 1.807) is 0 Å². The Bertz CT molecular complexity index is 596. The average Bonchev–Trinajstić information content (AvgIpc) is 2.84. The monoisotopic (exact) mass is 349 g/mol. The number of rotatable bonds is 4. The molecule has 1 aromatic heterocycles. The van der Waals surface area contributed by atoms with Crippen molar-refractivity contribution in [3.05, 3.63) is 18.2 Å². The molecule has 24 heavy (non-hydrogen) atoms. The Kier molecular flexibility index (Phi) is 5.11. The van der Waals surface area contributed by atoms with Crippen molar-refractivity contribution in [3.63, 3.8) is 0 Å². The van der Waals surface area contributed by atoms with Gasteiger partial charge in [-0.25, -0.2) is 9.97 Å². The molecule has 0 saturated carbocycles. The second-order valence-corrected chi connectivity index (χ2v) is 5.87. The lowest BCUT2D eigenvalue weighted by Crippen LogP contribution is -2.47. The van der Waals surface area contributed by atoms with Gasteiger partial charge in [-0.3, -0.25) is 4.79 Å². The van der Waals surface area contributed by atoms with Gasteiger partial charge >= 0.3 is 6.18 Å². The van der Waals surface area contributed by atoms with Gasteiger partial charge in [0, 0.05) is 0 Å². The SMILES string of the molecule is C[C@H]1C[C@H](C(=O)Nc2cnc(C(O)CO)nc2)O[C@@]1(C)C(F)(F)F. The first kappa shape index (κ1) is 18.6. The van der Waals surface area contributed by atoms with Gasteiger partial charge in [0.1, 0.15) is 12.2 Å². The molecular weight excluding hydrogens is 331 g/mol. The van der Waals surface area contributed by atoms with E-state index in [9.17, 15) is 23.1 Å². The number of anilines is 1. The molecule has 0 aliphatic carbocycles. The van der Waals surface area contributed by atoms with Crippen LogP contribution in [-0.2, 0) is 9.53 Å². The third-order valence-corrected chi connectivity index (χ3v) is 4.16. The smallest absolute Gasteiger partial charge is 0.393 e. The lowest BCUT2D eigenvalue weighted by molar-refractivity contribution is -0.272. The number of alkyl halides is 3. The molecule has 0 spiro atoms. The fourth-order valence-electron chi connectivity index (χ4n) is 2.39. The van der Waals surface area contributed by atoms with E-state index in [1.807, 2.05) is 0 Å². The highest BCUT2D eigenvalue weighted by molar-refractivity contribution is 5.94. The molecule has 134 valence electrons. The van der Waals surface area contributed by atoms with Crippen LogP contribution in [0.3, 0.4) is 0 Å². The third-order valence-electron chi connectivity index (χ3n) is 4.16. The van der Waals surface area contributed by atoms with E-state index in [-0.39, 0.29) is 17.9 Å². The fraction of sp³-hybridized carbons (Fsp3) is 0.643. The van der Waals surface area contributed by atoms with E-state index in [0.717, 1.165) is 6.92 Å². The van der Waals surface area contributed by atoms with E-state index in [0.29, 0.717) is 0 Å². The molecule has 2 rings (SSSR count). The first-order valence-corrected chi connectivity index (χ1v) is 7.24. The molecule has 7 nitrogen and oxygen atoms in total. The zero-order valence-corrected chi connectivity index (χ0v) is 13.0. The minimum Gasteiger partial charge on any atom is -0.393 e. The van der Waals surface area contributed by atoms with Crippen LogP contribution >= 0.6 is 0 Å². The zero-order valence-electron chi connectivity index (χ0n) is 13.0. The number of aliphatic hydroxyl groups is 2. The molecule has 1 fully saturated rings. The van der Waals surface area contributed by atoms with Gasteiger partial charge in [-0.15, -0.1) is 0 Å². The van der Waals surface area contributed by atoms with Gasteiger partial charge in [0.2, 0.25) is 0 Å². The molecule has 1 aliphatic rings. The summed E-state index contributed by atoms with van der Waals surface area (Å²) in [6, 6.07) is 0. The number of nitrogens with zero attached hydrogens (tertiary/aromatic N) is 2. The lowest BCUT2D eigenvalue weighted by atomic mass is 9.89. The molecular formula is C14H18F3N3O4. The summed E-state index contributed by atoms with van der Waals surface area (Å²) in [6.07, 6.45) is -4.77. The van der Waals surface area contributed by atoms with E-state index in [4.69, 9.17) is 9.84 Å². The van der Waals surface area contributed by atoms with Gasteiger partial charge in [-0.05, 0) is 19.3 Å². The first-order valence-electron chi connectivity index (χ1n) is 7.24. The maximum atomic E-state index is 13.1. The van der Waals surface area contributed by atoms with E-state index in [1.165, 1.54) is 19.3 Å². The summed E-state index contributed by atoms with van der Waals surface area (Å²) >= 11 is 0. The van der Waals surface area contributed by atoms with Crippen LogP contribution in [0.15, 0.2) is 12.4 Å². The summed E-state index contributed by atoms with van der Waals surface area (Å²) in [4.78, 5) is 19.6. The maximum absolute atomic E-state index is 13.1. The first-order chi connectivity index (χ1) is 11.1. The molecule has 1 saturated heterocycles. The van der Waals surface area contributed by atoms with Gasteiger partial charge in [0.05, 0.1) is 24.7 Å². The lowest BCUT2D eigenvalue weighted by Gasteiger charge is -2.30. The molecule has 2 heterocycles. The molecule has 1 aromatic rings. The van der Waals surface area contributed by atoms with Gasteiger partial charge in [-0.2, -0.15) is 13.2 Å². The van der Waals surface area contributed by atoms with Crippen molar-refractivity contribution in [1.29, 1.82) is 0 Å². The Labute approximate surface area is 135 Å². The second-order valence-electron chi connectivity index (χ2n) is 5.87. The third kappa shape index (κ3) is 3.50. The highest BCUT2D eigenvalue weighted by Crippen LogP contribution is 2.46. The molecule has 0 bridgehead atoms. The normalized spacial score (nSPS) is 28.6. The number of ether oxygens (including phenoxy) is 1. The number of halogens is 3. The number of carbonyl (C=O) groups excluding carboxylic acids is 1. The van der Waals surface area contributed by atoms with Crippen LogP contribution in [0.4, 0.5) is 18.9 Å². The van der Waals surface area contributed by atoms with Crippen molar-refractivity contribution in [3.8, 4) is 0 Å². The minimum absolute atomic E-state index is 0.0362. The second kappa shape index (κ2) is 6.61. The number of nitrogens with one attached hydrogen (secondary N) is 1. The van der Waals surface area contributed by atoms with E-state index >= 15 is 0 Å². The van der Waals surface area contributed by atoms with Crippen LogP contribution < -0.4 is 5.32 Å². The van der Waals surface area contributed by atoms with Crippen LogP contribution in [0.2, 0.25) is 0 Å². The van der Waals surface area contributed by atoms with Crippen molar-refractivity contribution in [2.45, 2.75) is 44.3 Å². The van der Waals surface area contributed by atoms with Crippen LogP contribution in [0.25, 0.3) is 0 Å². The van der Waals surface area contributed by atoms with Crippen molar-refractivity contribution in [2.24, 2.45) is 5.92 Å². The maximum Gasteiger partial charge on any atom is 0.417 e. The molecule has 3 N–H and O–H groups in total. The Morgan fingerprint density at radius 3 is 2.54 bits per heavy atom. The summed E-state index contributed by atoms with van der Waals surface area (Å²) < 4.78 is 44.3. The zero-order chi connectivity index (χ0) is 18.1. The number of hydrogen-bond donors (Lipinski definition) is 3. The van der Waals surface area contributed by atoms with E-state index < -0.39 is 42.4 Å². The predicted octanol–water partition coefficient (Wildman–Crippen LogP) is 1.19. The molecule has 0 radical (unpaired) electrons. The quantitative estimate of drug-likeness (QED) is 0.754. The topological polar surface area (TPSA) is 105 Å². The molecule has 1 aliphatic heterocycles. The van der Waals surface area contributed by atoms with Gasteiger partial charge in [0.15, 0.2) is 11.4 Å². The highest BCUT2D eigenvalue weighted by atomic mass is 19.4. The summed E-state index contributed by atoms with van der Waals surface area (Å²) in [6.45, 7) is 1.75. The van der Waals surface area contributed by atoms with Crippen LogP contribution in [-0.4, -0.2) is 50.6 Å². The van der Waals surface area contributed by atoms with Crippen molar-refractivity contribution >= 4 is 11.6 Å². The molecule has 1 amide bonds. The number of aromatic nitrogens is 2. The van der Waals surface area contributed by atoms with Crippen molar-refractivity contribution in [2.75, 3.05) is 11.9 Å². The van der Waals surface area contributed by atoms with Gasteiger partial charge in [0.25, 0.3) is 5.91 Å². The standard InChI is InChI=1S/C14H18F3N3O4/c1-7-3-10(24-13(7,2)14(15,16)17)12(23)20-8-4-18-11(19-5-8)9(22)6-21/h4-5,7,9-10,21-22H,3,6H2,1-2H3,(H,20,23)/t7-,9?,10+,13+/m0/s1. The number of hydrogen-bond acceptors (Lipinski definition) is 6. The predicted molar refractivity (Wildman–Crippen MR) is 75.8 cm³/mol. The Morgan fingerprint density at radius 1 is 1.50 bits per heavy atom. The van der Waals surface area contributed by atoms with E-state index in [2.05, 4.69) is 15.3 Å². The Balaban J connectivity index is 2.03. The van der Waals surface area contributed by atoms with Crippen molar-refractivity contribution < 1.29 is 32.9 Å². The highest BCUT2D eigenvalue weighted by Gasteiger charge is 2.61. The molecule has 0 aromatic carbocycles. The largest absolute Gasteiger partial charge is 0.417 e. The fourth-order valence-corrected chi connectivity index (χ4v) is 2.39. The molecule has 4 atom stereocenters.